The van der Waals surface area contributed by atoms with Gasteiger partial charge in [-0.1, -0.05) is 92.4 Å². The van der Waals surface area contributed by atoms with Gasteiger partial charge in [0.25, 0.3) is 0 Å². The third-order valence-corrected chi connectivity index (χ3v) is 12.8. The van der Waals surface area contributed by atoms with E-state index in [1.165, 1.54) is 29.8 Å². The van der Waals surface area contributed by atoms with Crippen LogP contribution in [0, 0.1) is 11.3 Å². The average molecular weight is 775 g/mol. The van der Waals surface area contributed by atoms with E-state index in [1.807, 2.05) is 49.4 Å². The number of hydrogen-bond donors (Lipinski definition) is 3. The standard InChI is InChI=1S/C46H57F3N2O5/c1-31-11-10-25-44(3)41(39-23-19-34(27-37(52)20-16-31)28-40(39)42(53)36-14-8-5-9-15-36)24-26-45(44,55)30-51(43(54)50-32(2)35-12-6-4-7-13-35)29-33-17-21-38(22-18-33)56-46(47,48)49/h4,6-7,11-13,17-19,21-23,28,32,36-37,41,52,55H,5,8-10,14-16,20,24-27,29-30H2,1-3H3,(H,50,54)/t32-,37+,41+,44+,45-/m1/s1. The van der Waals surface area contributed by atoms with Crippen molar-refractivity contribution in [2.45, 2.75) is 134 Å². The zero-order chi connectivity index (χ0) is 40.1. The quantitative estimate of drug-likeness (QED) is 0.149. The van der Waals surface area contributed by atoms with Crippen molar-refractivity contribution < 1.29 is 37.7 Å². The number of hydrogen-bond acceptors (Lipinski definition) is 5. The van der Waals surface area contributed by atoms with Crippen LogP contribution >= 0.6 is 0 Å². The molecule has 2 fully saturated rings. The molecule has 0 aliphatic heterocycles. The number of Topliss-reactive ketones (excluding diaryl/α,β-unsaturated/α-hetero) is 1. The summed E-state index contributed by atoms with van der Waals surface area (Å²) in [7, 11) is 0. The molecule has 7 rings (SSSR count). The molecule has 0 spiro atoms. The molecule has 5 atom stereocenters. The molecule has 0 radical (unpaired) electrons. The van der Waals surface area contributed by atoms with Crippen LogP contribution in [0.1, 0.15) is 136 Å². The predicted octanol–water partition coefficient (Wildman–Crippen LogP) is 10.4. The molecule has 4 aliphatic rings. The van der Waals surface area contributed by atoms with E-state index in [4.69, 9.17) is 0 Å². The molecule has 3 N–H and O–H groups in total. The molecule has 2 bridgehead atoms. The third kappa shape index (κ3) is 9.86. The molecule has 3 aromatic carbocycles. The molecule has 3 aromatic rings. The molecule has 4 aliphatic carbocycles. The van der Waals surface area contributed by atoms with E-state index in [2.05, 4.69) is 36.0 Å². The summed E-state index contributed by atoms with van der Waals surface area (Å²) in [5.74, 6) is -0.470. The number of nitrogens with zero attached hydrogens (tertiary/aromatic N) is 1. The van der Waals surface area contributed by atoms with Crippen LogP contribution < -0.4 is 10.1 Å². The lowest BCUT2D eigenvalue weighted by Gasteiger charge is -2.46. The van der Waals surface area contributed by atoms with Crippen molar-refractivity contribution in [3.05, 3.63) is 112 Å². The zero-order valence-electron chi connectivity index (χ0n) is 32.9. The van der Waals surface area contributed by atoms with Crippen molar-refractivity contribution in [3.63, 3.8) is 0 Å². The van der Waals surface area contributed by atoms with Crippen LogP contribution in [0.25, 0.3) is 0 Å². The van der Waals surface area contributed by atoms with Gasteiger partial charge in [0.2, 0.25) is 0 Å². The number of fused-ring (bicyclic) bond motifs is 8. The maximum Gasteiger partial charge on any atom is 0.573 e. The number of ketones is 1. The summed E-state index contributed by atoms with van der Waals surface area (Å²) in [6.07, 6.45) is 5.75. The van der Waals surface area contributed by atoms with Gasteiger partial charge in [-0.2, -0.15) is 0 Å². The average Bonchev–Trinajstić information content (AvgIpc) is 3.42. The van der Waals surface area contributed by atoms with Gasteiger partial charge in [-0.3, -0.25) is 4.79 Å². The minimum atomic E-state index is -4.83. The minimum Gasteiger partial charge on any atom is -0.406 e. The molecule has 7 nitrogen and oxygen atoms in total. The van der Waals surface area contributed by atoms with Crippen LogP contribution in [0.15, 0.2) is 84.4 Å². The second-order valence-electron chi connectivity index (χ2n) is 16.8. The minimum absolute atomic E-state index is 0.0319. The number of carbonyl (C=O) groups excluding carboxylic acids is 2. The Hall–Kier alpha value is -4.15. The van der Waals surface area contributed by atoms with Gasteiger partial charge in [0.15, 0.2) is 5.78 Å². The highest BCUT2D eigenvalue weighted by Crippen LogP contribution is 2.59. The number of allylic oxidation sites excluding steroid dienone is 2. The number of rotatable bonds is 9. The Morgan fingerprint density at radius 3 is 2.38 bits per heavy atom. The van der Waals surface area contributed by atoms with Crippen molar-refractivity contribution in [1.82, 2.24) is 10.2 Å². The number of halogens is 3. The number of amides is 2. The first-order valence-corrected chi connectivity index (χ1v) is 20.3. The second kappa shape index (κ2) is 17.6. The molecule has 10 heteroatoms. The lowest BCUT2D eigenvalue weighted by Crippen LogP contribution is -2.55. The topological polar surface area (TPSA) is 99.1 Å². The zero-order valence-corrected chi connectivity index (χ0v) is 32.9. The molecule has 0 aromatic heterocycles. The van der Waals surface area contributed by atoms with Crippen molar-refractivity contribution in [2.75, 3.05) is 6.54 Å². The summed E-state index contributed by atoms with van der Waals surface area (Å²) < 4.78 is 42.9. The molecular weight excluding hydrogens is 718 g/mol. The van der Waals surface area contributed by atoms with Gasteiger partial charge in [0.05, 0.1) is 24.3 Å². The molecule has 0 heterocycles. The normalized spacial score (nSPS) is 25.4. The van der Waals surface area contributed by atoms with Gasteiger partial charge in [0.1, 0.15) is 5.75 Å². The summed E-state index contributed by atoms with van der Waals surface area (Å²) in [4.78, 5) is 30.3. The molecule has 2 saturated carbocycles. The van der Waals surface area contributed by atoms with E-state index in [0.717, 1.165) is 55.2 Å². The van der Waals surface area contributed by atoms with E-state index in [-0.39, 0.29) is 42.5 Å². The van der Waals surface area contributed by atoms with Gasteiger partial charge in [0, 0.05) is 23.4 Å². The summed E-state index contributed by atoms with van der Waals surface area (Å²) in [6, 6.07) is 20.3. The third-order valence-electron chi connectivity index (χ3n) is 12.8. The lowest BCUT2D eigenvalue weighted by molar-refractivity contribution is -0.274. The summed E-state index contributed by atoms with van der Waals surface area (Å²) >= 11 is 0. The maximum absolute atomic E-state index is 14.4. The Morgan fingerprint density at radius 2 is 1.68 bits per heavy atom. The molecule has 0 unspecified atom stereocenters. The van der Waals surface area contributed by atoms with Crippen LogP contribution in [-0.4, -0.2) is 51.5 Å². The first-order valence-electron chi connectivity index (χ1n) is 20.3. The number of carbonyl (C=O) groups is 2. The van der Waals surface area contributed by atoms with Crippen LogP contribution in [0.5, 0.6) is 5.75 Å². The SMILES string of the molecule is CC1=CCC[C@@]2(C)[C@@H](CC[C@@]2(O)CN(Cc2ccc(OC(F)(F)F)cc2)C(=O)N[C@H](C)c2ccccc2)c2ccc(cc2C(=O)C2CCCCC2)C[C@@H](O)CC1. The first-order chi connectivity index (χ1) is 26.6. The Bertz CT molecular complexity index is 1840. The fourth-order valence-electron chi connectivity index (χ4n) is 9.43. The Morgan fingerprint density at radius 1 is 0.964 bits per heavy atom. The smallest absolute Gasteiger partial charge is 0.406 e. The molecule has 0 saturated heterocycles. The molecule has 56 heavy (non-hydrogen) atoms. The first kappa shape index (κ1) is 41.5. The summed E-state index contributed by atoms with van der Waals surface area (Å²) in [5, 5.41) is 27.2. The lowest BCUT2D eigenvalue weighted by atomic mass is 9.64. The van der Waals surface area contributed by atoms with Crippen molar-refractivity contribution in [2.24, 2.45) is 11.3 Å². The number of urea groups is 1. The van der Waals surface area contributed by atoms with Gasteiger partial charge in [-0.25, -0.2) is 4.79 Å². The number of alkyl halides is 3. The van der Waals surface area contributed by atoms with Crippen LogP contribution in [0.4, 0.5) is 18.0 Å². The van der Waals surface area contributed by atoms with Crippen LogP contribution in [0.2, 0.25) is 0 Å². The number of aliphatic hydroxyl groups excluding tert-OH is 1. The number of ether oxygens (including phenoxy) is 1. The van der Waals surface area contributed by atoms with Gasteiger partial charge < -0.3 is 25.2 Å². The van der Waals surface area contributed by atoms with Crippen molar-refractivity contribution >= 4 is 11.8 Å². The molecule has 2 amide bonds. The van der Waals surface area contributed by atoms with Crippen LogP contribution in [0.3, 0.4) is 0 Å². The van der Waals surface area contributed by atoms with E-state index >= 15 is 0 Å². The second-order valence-corrected chi connectivity index (χ2v) is 16.8. The Kier molecular flexibility index (Phi) is 13.0. The highest BCUT2D eigenvalue weighted by Gasteiger charge is 2.58. The molecule has 302 valence electrons. The van der Waals surface area contributed by atoms with E-state index in [1.54, 1.807) is 4.90 Å². The maximum atomic E-state index is 14.4. The fraction of sp³-hybridized carbons (Fsp3) is 0.522. The van der Waals surface area contributed by atoms with Crippen molar-refractivity contribution in [1.29, 1.82) is 0 Å². The largest absolute Gasteiger partial charge is 0.573 e. The monoisotopic (exact) mass is 774 g/mol. The van der Waals surface area contributed by atoms with Crippen LogP contribution in [-0.2, 0) is 13.0 Å². The fourth-order valence-corrected chi connectivity index (χ4v) is 9.43. The predicted molar refractivity (Wildman–Crippen MR) is 211 cm³/mol. The Balaban J connectivity index is 1.37. The number of aliphatic hydroxyl groups is 2. The summed E-state index contributed by atoms with van der Waals surface area (Å²) in [6.45, 7) is 6.05. The number of benzene rings is 3. The Labute approximate surface area is 329 Å². The summed E-state index contributed by atoms with van der Waals surface area (Å²) in [5.41, 5.74) is 3.03. The van der Waals surface area contributed by atoms with Gasteiger partial charge in [-0.05, 0) is 118 Å². The van der Waals surface area contributed by atoms with E-state index in [9.17, 15) is 33.0 Å². The van der Waals surface area contributed by atoms with Gasteiger partial charge in [-0.15, -0.1) is 13.2 Å². The van der Waals surface area contributed by atoms with E-state index in [0.29, 0.717) is 49.7 Å². The van der Waals surface area contributed by atoms with Gasteiger partial charge >= 0.3 is 12.4 Å². The van der Waals surface area contributed by atoms with Crippen molar-refractivity contribution in [3.8, 4) is 5.75 Å². The molecular formula is C46H57F3N2O5. The highest BCUT2D eigenvalue weighted by atomic mass is 19.4. The highest BCUT2D eigenvalue weighted by molar-refractivity contribution is 5.99. The number of nitrogens with one attached hydrogen (secondary N) is 1. The van der Waals surface area contributed by atoms with E-state index < -0.39 is 29.5 Å².